The Morgan fingerprint density at radius 1 is 1.44 bits per heavy atom. The van der Waals surface area contributed by atoms with Crippen LogP contribution >= 0.6 is 0 Å². The number of urea groups is 1. The zero-order chi connectivity index (χ0) is 11.8. The van der Waals surface area contributed by atoms with Crippen molar-refractivity contribution < 1.29 is 14.0 Å². The first-order valence-corrected chi connectivity index (χ1v) is 5.33. The van der Waals surface area contributed by atoms with Crippen LogP contribution in [0, 0.1) is 0 Å². The molecule has 1 aliphatic heterocycles. The van der Waals surface area contributed by atoms with E-state index in [1.165, 1.54) is 11.2 Å². The van der Waals surface area contributed by atoms with Gasteiger partial charge in [-0.3, -0.25) is 9.69 Å². The lowest BCUT2D eigenvalue weighted by Gasteiger charge is -2.22. The van der Waals surface area contributed by atoms with Crippen molar-refractivity contribution in [3.8, 4) is 0 Å². The topological polar surface area (TPSA) is 62.6 Å². The Labute approximate surface area is 93.4 Å². The molecule has 1 aliphatic rings. The van der Waals surface area contributed by atoms with Crippen LogP contribution in [0.1, 0.15) is 26.0 Å². The van der Waals surface area contributed by atoms with Gasteiger partial charge in [0, 0.05) is 6.54 Å². The van der Waals surface area contributed by atoms with Gasteiger partial charge in [-0.1, -0.05) is 6.92 Å². The molecule has 16 heavy (non-hydrogen) atoms. The Bertz CT molecular complexity index is 413. The van der Waals surface area contributed by atoms with Crippen LogP contribution in [0.4, 0.5) is 4.79 Å². The summed E-state index contributed by atoms with van der Waals surface area (Å²) in [5.41, 5.74) is -1.02. The van der Waals surface area contributed by atoms with Gasteiger partial charge >= 0.3 is 6.03 Å². The lowest BCUT2D eigenvalue weighted by atomic mass is 9.93. The maximum Gasteiger partial charge on any atom is 0.325 e. The van der Waals surface area contributed by atoms with Crippen molar-refractivity contribution in [3.63, 3.8) is 0 Å². The Balaban J connectivity index is 2.45. The predicted molar refractivity (Wildman–Crippen MR) is 56.6 cm³/mol. The van der Waals surface area contributed by atoms with Gasteiger partial charge in [-0.05, 0) is 25.5 Å². The van der Waals surface area contributed by atoms with Crippen molar-refractivity contribution in [2.24, 2.45) is 0 Å². The largest absolute Gasteiger partial charge is 0.466 e. The van der Waals surface area contributed by atoms with Crippen LogP contribution in [0.2, 0.25) is 0 Å². The molecule has 1 atom stereocenters. The molecule has 0 spiro atoms. The number of imide groups is 1. The monoisotopic (exact) mass is 222 g/mol. The van der Waals surface area contributed by atoms with Crippen molar-refractivity contribution >= 4 is 11.9 Å². The minimum absolute atomic E-state index is 0.238. The molecule has 1 unspecified atom stereocenters. The second-order valence-electron chi connectivity index (χ2n) is 3.72. The molecule has 1 fully saturated rings. The maximum absolute atomic E-state index is 12.2. The van der Waals surface area contributed by atoms with E-state index >= 15 is 0 Å². The van der Waals surface area contributed by atoms with Gasteiger partial charge in [0.25, 0.3) is 5.91 Å². The highest BCUT2D eigenvalue weighted by atomic mass is 16.3. The molecule has 0 aliphatic carbocycles. The van der Waals surface area contributed by atoms with Crippen molar-refractivity contribution in [1.82, 2.24) is 10.2 Å². The van der Waals surface area contributed by atoms with E-state index in [0.29, 0.717) is 18.7 Å². The fraction of sp³-hybridized carbons (Fsp3) is 0.455. The molecule has 0 radical (unpaired) electrons. The van der Waals surface area contributed by atoms with Crippen LogP contribution in [-0.4, -0.2) is 23.4 Å². The highest BCUT2D eigenvalue weighted by Crippen LogP contribution is 2.32. The van der Waals surface area contributed by atoms with E-state index in [0.717, 1.165) is 0 Å². The molecule has 2 heterocycles. The van der Waals surface area contributed by atoms with E-state index in [4.69, 9.17) is 4.42 Å². The van der Waals surface area contributed by atoms with Crippen molar-refractivity contribution in [2.45, 2.75) is 25.8 Å². The number of rotatable bonds is 3. The molecule has 1 N–H and O–H groups in total. The van der Waals surface area contributed by atoms with Gasteiger partial charge in [-0.15, -0.1) is 0 Å². The molecule has 5 nitrogen and oxygen atoms in total. The van der Waals surface area contributed by atoms with Crippen LogP contribution in [0.3, 0.4) is 0 Å². The molecule has 0 saturated carbocycles. The average Bonchev–Trinajstić information content (AvgIpc) is 2.86. The quantitative estimate of drug-likeness (QED) is 0.787. The first-order valence-electron chi connectivity index (χ1n) is 5.33. The molecular weight excluding hydrogens is 208 g/mol. The molecule has 86 valence electrons. The van der Waals surface area contributed by atoms with Gasteiger partial charge in [0.1, 0.15) is 5.76 Å². The van der Waals surface area contributed by atoms with E-state index in [1.54, 1.807) is 19.1 Å². The van der Waals surface area contributed by atoms with E-state index < -0.39 is 5.54 Å². The van der Waals surface area contributed by atoms with Crippen LogP contribution in [0.15, 0.2) is 22.8 Å². The van der Waals surface area contributed by atoms with Gasteiger partial charge < -0.3 is 9.73 Å². The number of hydrogen-bond acceptors (Lipinski definition) is 3. The predicted octanol–water partition coefficient (Wildman–Crippen LogP) is 1.46. The third-order valence-corrected chi connectivity index (χ3v) is 2.96. The number of nitrogens with zero attached hydrogens (tertiary/aromatic N) is 1. The van der Waals surface area contributed by atoms with Crippen molar-refractivity contribution in [3.05, 3.63) is 24.2 Å². The van der Waals surface area contributed by atoms with Gasteiger partial charge in [0.05, 0.1) is 6.26 Å². The Morgan fingerprint density at radius 3 is 2.62 bits per heavy atom. The maximum atomic E-state index is 12.2. The van der Waals surface area contributed by atoms with E-state index in [9.17, 15) is 9.59 Å². The summed E-state index contributed by atoms with van der Waals surface area (Å²) < 4.78 is 5.26. The van der Waals surface area contributed by atoms with E-state index in [1.807, 2.05) is 6.92 Å². The second kappa shape index (κ2) is 3.66. The first-order chi connectivity index (χ1) is 7.65. The zero-order valence-electron chi connectivity index (χ0n) is 9.32. The summed E-state index contributed by atoms with van der Waals surface area (Å²) in [5, 5.41) is 2.71. The summed E-state index contributed by atoms with van der Waals surface area (Å²) in [5.74, 6) is 0.252. The third kappa shape index (κ3) is 1.24. The molecule has 5 heteroatoms. The molecular formula is C11H14N2O3. The molecule has 0 bridgehead atoms. The number of likely N-dealkylation sites (N-methyl/N-ethyl adjacent to an activating group) is 1. The summed E-state index contributed by atoms with van der Waals surface area (Å²) in [7, 11) is 0. The zero-order valence-corrected chi connectivity index (χ0v) is 9.32. The molecule has 1 aromatic rings. The van der Waals surface area contributed by atoms with Gasteiger partial charge in [-0.25, -0.2) is 4.79 Å². The van der Waals surface area contributed by atoms with Gasteiger partial charge in [0.15, 0.2) is 5.54 Å². The normalized spacial score (nSPS) is 25.0. The van der Waals surface area contributed by atoms with Crippen LogP contribution < -0.4 is 5.32 Å². The van der Waals surface area contributed by atoms with E-state index in [2.05, 4.69) is 5.32 Å². The highest BCUT2D eigenvalue weighted by Gasteiger charge is 2.52. The summed E-state index contributed by atoms with van der Waals surface area (Å²) in [4.78, 5) is 25.0. The lowest BCUT2D eigenvalue weighted by Crippen LogP contribution is -2.43. The second-order valence-corrected chi connectivity index (χ2v) is 3.72. The van der Waals surface area contributed by atoms with Gasteiger partial charge in [-0.2, -0.15) is 0 Å². The average molecular weight is 222 g/mol. The third-order valence-electron chi connectivity index (χ3n) is 2.96. The molecule has 1 saturated heterocycles. The molecule has 3 amide bonds. The van der Waals surface area contributed by atoms with Crippen LogP contribution in [-0.2, 0) is 10.3 Å². The molecule has 2 rings (SSSR count). The number of carbonyl (C=O) groups is 2. The Kier molecular flexibility index (Phi) is 2.46. The Hall–Kier alpha value is -1.78. The summed E-state index contributed by atoms with van der Waals surface area (Å²) >= 11 is 0. The number of amides is 3. The van der Waals surface area contributed by atoms with Crippen molar-refractivity contribution in [1.29, 1.82) is 0 Å². The molecule has 0 aromatic carbocycles. The first kappa shape index (κ1) is 10.7. The van der Waals surface area contributed by atoms with Crippen molar-refractivity contribution in [2.75, 3.05) is 6.54 Å². The lowest BCUT2D eigenvalue weighted by molar-refractivity contribution is -0.132. The fourth-order valence-corrected chi connectivity index (χ4v) is 2.02. The Morgan fingerprint density at radius 2 is 2.19 bits per heavy atom. The summed E-state index contributed by atoms with van der Waals surface area (Å²) in [6.07, 6.45) is 1.97. The summed E-state index contributed by atoms with van der Waals surface area (Å²) in [6.45, 7) is 3.98. The molecule has 1 aromatic heterocycles. The standard InChI is InChI=1S/C11H14N2O3/c1-3-11(8-6-5-7-16-8)9(14)13(4-2)10(15)12-11/h5-7H,3-4H2,1-2H3,(H,12,15). The minimum atomic E-state index is -1.02. The summed E-state index contributed by atoms with van der Waals surface area (Å²) in [6, 6.07) is 3.06. The smallest absolute Gasteiger partial charge is 0.325 e. The van der Waals surface area contributed by atoms with Crippen LogP contribution in [0.25, 0.3) is 0 Å². The minimum Gasteiger partial charge on any atom is -0.466 e. The number of carbonyl (C=O) groups excluding carboxylic acids is 2. The fourth-order valence-electron chi connectivity index (χ4n) is 2.02. The SMILES string of the molecule is CCN1C(=O)NC(CC)(c2ccco2)C1=O. The number of hydrogen-bond donors (Lipinski definition) is 1. The highest BCUT2D eigenvalue weighted by molar-refractivity contribution is 6.07. The number of nitrogens with one attached hydrogen (secondary N) is 1. The van der Waals surface area contributed by atoms with Gasteiger partial charge in [0.2, 0.25) is 0 Å². The van der Waals surface area contributed by atoms with Crippen LogP contribution in [0.5, 0.6) is 0 Å². The number of furan rings is 1. The van der Waals surface area contributed by atoms with E-state index in [-0.39, 0.29) is 11.9 Å².